The first kappa shape index (κ1) is 13.8. The highest BCUT2D eigenvalue weighted by molar-refractivity contribution is 9.10. The van der Waals surface area contributed by atoms with E-state index in [1.165, 1.54) is 0 Å². The van der Waals surface area contributed by atoms with Crippen molar-refractivity contribution in [1.29, 1.82) is 0 Å². The lowest BCUT2D eigenvalue weighted by atomic mass is 9.92. The summed E-state index contributed by atoms with van der Waals surface area (Å²) >= 11 is 9.41. The number of nitrogens with one attached hydrogen (secondary N) is 1. The molecular weight excluding hydrogens is 318 g/mol. The van der Waals surface area contributed by atoms with E-state index in [-0.39, 0.29) is 11.4 Å². The van der Waals surface area contributed by atoms with Crippen LogP contribution < -0.4 is 5.32 Å². The lowest BCUT2D eigenvalue weighted by Crippen LogP contribution is -2.53. The second-order valence-corrected chi connectivity index (χ2v) is 5.58. The molecule has 0 saturated carbocycles. The summed E-state index contributed by atoms with van der Waals surface area (Å²) in [6, 6.07) is 7.37. The molecule has 0 aromatic heterocycles. The van der Waals surface area contributed by atoms with Crippen molar-refractivity contribution in [3.05, 3.63) is 34.3 Å². The van der Waals surface area contributed by atoms with Gasteiger partial charge in [0.05, 0.1) is 11.1 Å². The smallest absolute Gasteiger partial charge is 0.252 e. The molecule has 1 N–H and O–H groups in total. The third-order valence-corrected chi connectivity index (χ3v) is 4.41. The third-order valence-electron chi connectivity index (χ3n) is 3.20. The Labute approximate surface area is 120 Å². The minimum Gasteiger partial charge on any atom is -0.381 e. The Morgan fingerprint density at radius 1 is 1.39 bits per heavy atom. The molecule has 5 heteroatoms. The van der Waals surface area contributed by atoms with E-state index in [1.807, 2.05) is 18.2 Å². The SMILES string of the molecule is O=C(NC1(CCl)CCOCC1)c1ccccc1Br. The number of carbonyl (C=O) groups excluding carboxylic acids is 1. The van der Waals surface area contributed by atoms with E-state index in [0.717, 1.165) is 17.3 Å². The second kappa shape index (κ2) is 6.04. The van der Waals surface area contributed by atoms with E-state index in [4.69, 9.17) is 16.3 Å². The number of halogens is 2. The molecule has 1 aromatic rings. The molecule has 0 spiro atoms. The summed E-state index contributed by atoms with van der Waals surface area (Å²) in [7, 11) is 0. The van der Waals surface area contributed by atoms with Gasteiger partial charge in [-0.25, -0.2) is 0 Å². The molecule has 1 aromatic carbocycles. The van der Waals surface area contributed by atoms with Gasteiger partial charge in [0.1, 0.15) is 0 Å². The van der Waals surface area contributed by atoms with Crippen molar-refractivity contribution in [2.24, 2.45) is 0 Å². The van der Waals surface area contributed by atoms with Crippen LogP contribution in [-0.2, 0) is 4.74 Å². The fraction of sp³-hybridized carbons (Fsp3) is 0.462. The second-order valence-electron chi connectivity index (χ2n) is 4.46. The molecule has 0 atom stereocenters. The van der Waals surface area contributed by atoms with Crippen molar-refractivity contribution in [3.63, 3.8) is 0 Å². The van der Waals surface area contributed by atoms with Gasteiger partial charge >= 0.3 is 0 Å². The number of rotatable bonds is 3. The number of hydrogen-bond donors (Lipinski definition) is 1. The molecule has 2 rings (SSSR count). The maximum Gasteiger partial charge on any atom is 0.252 e. The van der Waals surface area contributed by atoms with Crippen molar-refractivity contribution < 1.29 is 9.53 Å². The van der Waals surface area contributed by atoms with Gasteiger partial charge in [0.15, 0.2) is 0 Å². The molecule has 1 aliphatic heterocycles. The van der Waals surface area contributed by atoms with Gasteiger partial charge < -0.3 is 10.1 Å². The van der Waals surface area contributed by atoms with E-state index < -0.39 is 0 Å². The van der Waals surface area contributed by atoms with Gasteiger partial charge in [-0.2, -0.15) is 0 Å². The lowest BCUT2D eigenvalue weighted by molar-refractivity contribution is 0.0433. The monoisotopic (exact) mass is 331 g/mol. The number of alkyl halides is 1. The normalized spacial score (nSPS) is 18.3. The van der Waals surface area contributed by atoms with Gasteiger partial charge in [-0.1, -0.05) is 12.1 Å². The molecule has 1 saturated heterocycles. The van der Waals surface area contributed by atoms with E-state index in [2.05, 4.69) is 21.2 Å². The van der Waals surface area contributed by atoms with Crippen molar-refractivity contribution in [3.8, 4) is 0 Å². The highest BCUT2D eigenvalue weighted by Crippen LogP contribution is 2.24. The lowest BCUT2D eigenvalue weighted by Gasteiger charge is -2.36. The summed E-state index contributed by atoms with van der Waals surface area (Å²) < 4.78 is 6.11. The number of benzene rings is 1. The predicted octanol–water partition coefficient (Wildman–Crippen LogP) is 2.97. The Balaban J connectivity index is 2.13. The summed E-state index contributed by atoms with van der Waals surface area (Å²) in [5, 5.41) is 3.06. The molecular formula is C13H15BrClNO2. The summed E-state index contributed by atoms with van der Waals surface area (Å²) in [5.41, 5.74) is 0.292. The predicted molar refractivity (Wildman–Crippen MR) is 75.1 cm³/mol. The molecule has 1 amide bonds. The first-order valence-corrected chi connectivity index (χ1v) is 7.20. The van der Waals surface area contributed by atoms with Gasteiger partial charge in [-0.3, -0.25) is 4.79 Å². The van der Waals surface area contributed by atoms with Crippen LogP contribution in [0.4, 0.5) is 0 Å². The molecule has 98 valence electrons. The quantitative estimate of drug-likeness (QED) is 0.864. The minimum absolute atomic E-state index is 0.0926. The van der Waals surface area contributed by atoms with Crippen LogP contribution in [0, 0.1) is 0 Å². The molecule has 0 aliphatic carbocycles. The summed E-state index contributed by atoms with van der Waals surface area (Å²) in [6.07, 6.45) is 1.51. The molecule has 18 heavy (non-hydrogen) atoms. The van der Waals surface area contributed by atoms with Gasteiger partial charge in [0, 0.05) is 23.6 Å². The zero-order valence-electron chi connectivity index (χ0n) is 9.92. The van der Waals surface area contributed by atoms with Gasteiger partial charge in [0.25, 0.3) is 5.91 Å². The topological polar surface area (TPSA) is 38.3 Å². The third kappa shape index (κ3) is 3.05. The van der Waals surface area contributed by atoms with E-state index in [1.54, 1.807) is 6.07 Å². The number of carbonyl (C=O) groups is 1. The van der Waals surface area contributed by atoms with Crippen molar-refractivity contribution >= 4 is 33.4 Å². The fourth-order valence-corrected chi connectivity index (χ4v) is 2.81. The van der Waals surface area contributed by atoms with E-state index in [9.17, 15) is 4.79 Å². The fourth-order valence-electron chi connectivity index (χ4n) is 2.01. The molecule has 1 heterocycles. The van der Waals surface area contributed by atoms with Crippen molar-refractivity contribution in [1.82, 2.24) is 5.32 Å². The van der Waals surface area contributed by atoms with Crippen LogP contribution >= 0.6 is 27.5 Å². The molecule has 0 radical (unpaired) electrons. The summed E-state index contributed by atoms with van der Waals surface area (Å²) in [4.78, 5) is 12.3. The Hall–Kier alpha value is -0.580. The molecule has 0 bridgehead atoms. The number of amides is 1. The van der Waals surface area contributed by atoms with Crippen LogP contribution in [0.3, 0.4) is 0 Å². The van der Waals surface area contributed by atoms with Gasteiger partial charge in [-0.15, -0.1) is 11.6 Å². The van der Waals surface area contributed by atoms with Crippen molar-refractivity contribution in [2.45, 2.75) is 18.4 Å². The summed E-state index contributed by atoms with van der Waals surface area (Å²) in [6.45, 7) is 1.28. The van der Waals surface area contributed by atoms with Gasteiger partial charge in [-0.05, 0) is 40.9 Å². The highest BCUT2D eigenvalue weighted by atomic mass is 79.9. The van der Waals surface area contributed by atoms with Crippen LogP contribution in [-0.4, -0.2) is 30.5 Å². The van der Waals surface area contributed by atoms with Crippen molar-refractivity contribution in [2.75, 3.05) is 19.1 Å². The Morgan fingerprint density at radius 3 is 2.67 bits per heavy atom. The molecule has 1 aliphatic rings. The first-order chi connectivity index (χ1) is 8.67. The molecule has 3 nitrogen and oxygen atoms in total. The first-order valence-electron chi connectivity index (χ1n) is 5.88. The Morgan fingerprint density at radius 2 is 2.06 bits per heavy atom. The standard InChI is InChI=1S/C13H15BrClNO2/c14-11-4-2-1-3-10(11)12(17)16-13(9-15)5-7-18-8-6-13/h1-4H,5-9H2,(H,16,17). The molecule has 1 fully saturated rings. The largest absolute Gasteiger partial charge is 0.381 e. The minimum atomic E-state index is -0.341. The molecule has 0 unspecified atom stereocenters. The van der Waals surface area contributed by atoms with E-state index >= 15 is 0 Å². The Bertz CT molecular complexity index is 433. The number of ether oxygens (including phenoxy) is 1. The average Bonchev–Trinajstić information content (AvgIpc) is 2.40. The summed E-state index contributed by atoms with van der Waals surface area (Å²) in [5.74, 6) is 0.317. The van der Waals surface area contributed by atoms with Crippen LogP contribution in [0.1, 0.15) is 23.2 Å². The maximum absolute atomic E-state index is 12.3. The zero-order chi connectivity index (χ0) is 13.0. The Kier molecular flexibility index (Phi) is 4.65. The average molecular weight is 333 g/mol. The van der Waals surface area contributed by atoms with Crippen LogP contribution in [0.2, 0.25) is 0 Å². The van der Waals surface area contributed by atoms with Crippen LogP contribution in [0.25, 0.3) is 0 Å². The highest BCUT2D eigenvalue weighted by Gasteiger charge is 2.33. The maximum atomic E-state index is 12.3. The van der Waals surface area contributed by atoms with Crippen LogP contribution in [0.5, 0.6) is 0 Å². The van der Waals surface area contributed by atoms with Crippen LogP contribution in [0.15, 0.2) is 28.7 Å². The zero-order valence-corrected chi connectivity index (χ0v) is 12.3. The number of hydrogen-bond acceptors (Lipinski definition) is 2. The van der Waals surface area contributed by atoms with E-state index in [0.29, 0.717) is 24.7 Å². The van der Waals surface area contributed by atoms with Gasteiger partial charge in [0.2, 0.25) is 0 Å².